The Bertz CT molecular complexity index is 724. The number of hydrogen-bond donors (Lipinski definition) is 1. The number of hydrazine groups is 2. The van der Waals surface area contributed by atoms with Crippen molar-refractivity contribution >= 4 is 5.78 Å². The van der Waals surface area contributed by atoms with Crippen molar-refractivity contribution in [2.24, 2.45) is 0 Å². The van der Waals surface area contributed by atoms with E-state index in [1.54, 1.807) is 28.6 Å². The van der Waals surface area contributed by atoms with E-state index in [1.165, 1.54) is 12.1 Å². The van der Waals surface area contributed by atoms with Crippen LogP contribution >= 0.6 is 0 Å². The van der Waals surface area contributed by atoms with E-state index < -0.39 is 11.7 Å². The molecule has 24 heavy (non-hydrogen) atoms. The van der Waals surface area contributed by atoms with Crippen LogP contribution in [-0.2, 0) is 17.5 Å². The summed E-state index contributed by atoms with van der Waals surface area (Å²) in [5.41, 5.74) is 3.75. The van der Waals surface area contributed by atoms with Crippen LogP contribution in [0.15, 0.2) is 61.0 Å². The van der Waals surface area contributed by atoms with Crippen LogP contribution in [0.4, 0.5) is 13.2 Å². The first-order chi connectivity index (χ1) is 11.4. The highest BCUT2D eigenvalue weighted by atomic mass is 19.4. The number of allylic oxidation sites excluding steroid dienone is 1. The highest BCUT2D eigenvalue weighted by molar-refractivity contribution is 5.91. The SMILES string of the molecule is C=CC(=O)CC1=CN(Cc2cccc(C(F)(F)F)c2)N2NC=CC12. The number of hydrogen-bond acceptors (Lipinski definition) is 4. The summed E-state index contributed by atoms with van der Waals surface area (Å²) >= 11 is 0. The lowest BCUT2D eigenvalue weighted by Gasteiger charge is -2.29. The summed E-state index contributed by atoms with van der Waals surface area (Å²) in [6.07, 6.45) is 2.57. The van der Waals surface area contributed by atoms with E-state index in [-0.39, 0.29) is 24.8 Å². The average Bonchev–Trinajstić information content (AvgIpc) is 3.12. The Hall–Kier alpha value is -2.54. The summed E-state index contributed by atoms with van der Waals surface area (Å²) in [4.78, 5) is 11.6. The molecule has 0 bridgehead atoms. The zero-order valence-electron chi connectivity index (χ0n) is 12.8. The van der Waals surface area contributed by atoms with Gasteiger partial charge in [0, 0.05) is 18.8 Å². The number of ketones is 1. The molecule has 0 aliphatic carbocycles. The van der Waals surface area contributed by atoms with Gasteiger partial charge in [-0.05, 0) is 35.4 Å². The monoisotopic (exact) mass is 335 g/mol. The Morgan fingerprint density at radius 1 is 1.38 bits per heavy atom. The predicted octanol–water partition coefficient (Wildman–Crippen LogP) is 3.17. The van der Waals surface area contributed by atoms with E-state index in [9.17, 15) is 18.0 Å². The summed E-state index contributed by atoms with van der Waals surface area (Å²) in [6, 6.07) is 5.12. The summed E-state index contributed by atoms with van der Waals surface area (Å²) < 4.78 is 38.5. The molecule has 4 nitrogen and oxygen atoms in total. The molecule has 126 valence electrons. The minimum absolute atomic E-state index is 0.0950. The highest BCUT2D eigenvalue weighted by Gasteiger charge is 2.35. The van der Waals surface area contributed by atoms with E-state index in [2.05, 4.69) is 12.0 Å². The Labute approximate surface area is 137 Å². The maximum atomic E-state index is 12.8. The molecule has 0 fully saturated rings. The van der Waals surface area contributed by atoms with Crippen molar-refractivity contribution in [1.82, 2.24) is 15.6 Å². The Balaban J connectivity index is 1.80. The van der Waals surface area contributed by atoms with Crippen LogP contribution in [0.1, 0.15) is 17.5 Å². The molecular weight excluding hydrogens is 319 g/mol. The van der Waals surface area contributed by atoms with Crippen LogP contribution in [0.2, 0.25) is 0 Å². The minimum atomic E-state index is -4.37. The fraction of sp³-hybridized carbons (Fsp3) is 0.235. The fourth-order valence-corrected chi connectivity index (χ4v) is 2.80. The smallest absolute Gasteiger partial charge is 0.308 e. The van der Waals surface area contributed by atoms with Crippen molar-refractivity contribution in [2.45, 2.75) is 25.2 Å². The zero-order chi connectivity index (χ0) is 17.3. The standard InChI is InChI=1S/C17H16F3N3O/c1-2-15(24)9-13-11-22(23-16(13)6-7-21-23)10-12-4-3-5-14(8-12)17(18,19)20/h2-8,11,16,21H,1,9-10H2. The third kappa shape index (κ3) is 3.21. The van der Waals surface area contributed by atoms with Crippen molar-refractivity contribution in [2.75, 3.05) is 0 Å². The Morgan fingerprint density at radius 3 is 2.88 bits per heavy atom. The van der Waals surface area contributed by atoms with Gasteiger partial charge in [0.15, 0.2) is 5.78 Å². The molecule has 3 rings (SSSR count). The molecule has 0 saturated carbocycles. The first-order valence-electron chi connectivity index (χ1n) is 7.39. The van der Waals surface area contributed by atoms with Crippen LogP contribution in [0, 0.1) is 0 Å². The predicted molar refractivity (Wildman–Crippen MR) is 82.8 cm³/mol. The number of carbonyl (C=O) groups is 1. The second kappa shape index (κ2) is 6.16. The molecule has 2 aliphatic rings. The number of carbonyl (C=O) groups excluding carboxylic acids is 1. The van der Waals surface area contributed by atoms with E-state index in [4.69, 9.17) is 0 Å². The molecule has 2 heterocycles. The molecule has 1 aromatic carbocycles. The lowest BCUT2D eigenvalue weighted by Crippen LogP contribution is -2.44. The first-order valence-corrected chi connectivity index (χ1v) is 7.39. The summed E-state index contributed by atoms with van der Waals surface area (Å²) in [6.45, 7) is 3.73. The van der Waals surface area contributed by atoms with Gasteiger partial charge >= 0.3 is 6.18 Å². The van der Waals surface area contributed by atoms with E-state index in [0.29, 0.717) is 5.56 Å². The van der Waals surface area contributed by atoms with Gasteiger partial charge < -0.3 is 5.43 Å². The normalized spacial score (nSPS) is 19.9. The number of nitrogens with zero attached hydrogens (tertiary/aromatic N) is 2. The fourth-order valence-electron chi connectivity index (χ4n) is 2.80. The van der Waals surface area contributed by atoms with Gasteiger partial charge in [0.2, 0.25) is 0 Å². The molecule has 1 unspecified atom stereocenters. The van der Waals surface area contributed by atoms with Gasteiger partial charge in [0.05, 0.1) is 18.2 Å². The molecule has 1 atom stereocenters. The minimum Gasteiger partial charge on any atom is -0.308 e. The van der Waals surface area contributed by atoms with Crippen LogP contribution in [0.3, 0.4) is 0 Å². The number of halogens is 3. The van der Waals surface area contributed by atoms with Crippen molar-refractivity contribution in [3.05, 3.63) is 72.1 Å². The summed E-state index contributed by atoms with van der Waals surface area (Å²) in [5.74, 6) is -0.0950. The molecule has 1 N–H and O–H groups in total. The Kier molecular flexibility index (Phi) is 4.19. The summed E-state index contributed by atoms with van der Waals surface area (Å²) in [7, 11) is 0. The maximum Gasteiger partial charge on any atom is 0.416 e. The van der Waals surface area contributed by atoms with E-state index in [1.807, 2.05) is 6.08 Å². The van der Waals surface area contributed by atoms with Crippen molar-refractivity contribution < 1.29 is 18.0 Å². The Morgan fingerprint density at radius 2 is 2.17 bits per heavy atom. The average molecular weight is 335 g/mol. The second-order valence-electron chi connectivity index (χ2n) is 5.62. The first kappa shape index (κ1) is 16.3. The zero-order valence-corrected chi connectivity index (χ0v) is 12.8. The van der Waals surface area contributed by atoms with Crippen LogP contribution < -0.4 is 5.43 Å². The molecule has 1 aromatic rings. The summed E-state index contributed by atoms with van der Waals surface area (Å²) in [5, 5.41) is 3.55. The molecule has 0 saturated heterocycles. The van der Waals surface area contributed by atoms with Gasteiger partial charge in [-0.3, -0.25) is 9.80 Å². The second-order valence-corrected chi connectivity index (χ2v) is 5.62. The lowest BCUT2D eigenvalue weighted by atomic mass is 10.0. The number of nitrogens with one attached hydrogen (secondary N) is 1. The van der Waals surface area contributed by atoms with Crippen LogP contribution in [0.25, 0.3) is 0 Å². The third-order valence-electron chi connectivity index (χ3n) is 3.93. The number of alkyl halides is 3. The van der Waals surface area contributed by atoms with Gasteiger partial charge in [0.1, 0.15) is 0 Å². The molecule has 0 amide bonds. The van der Waals surface area contributed by atoms with Gasteiger partial charge in [0.25, 0.3) is 0 Å². The highest BCUT2D eigenvalue weighted by Crippen LogP contribution is 2.32. The quantitative estimate of drug-likeness (QED) is 0.839. The molecule has 0 aromatic heterocycles. The number of fused-ring (bicyclic) bond motifs is 1. The molecule has 0 radical (unpaired) electrons. The van der Waals surface area contributed by atoms with Gasteiger partial charge in [-0.1, -0.05) is 18.7 Å². The van der Waals surface area contributed by atoms with Gasteiger partial charge in [-0.25, -0.2) is 0 Å². The number of benzene rings is 1. The molecule has 7 heteroatoms. The van der Waals surface area contributed by atoms with Crippen molar-refractivity contribution in [1.29, 1.82) is 0 Å². The van der Waals surface area contributed by atoms with Crippen molar-refractivity contribution in [3.63, 3.8) is 0 Å². The molecular formula is C17H16F3N3O. The van der Waals surface area contributed by atoms with E-state index in [0.717, 1.165) is 17.7 Å². The number of rotatable bonds is 5. The third-order valence-corrected chi connectivity index (χ3v) is 3.93. The van der Waals surface area contributed by atoms with Gasteiger partial charge in [-0.15, -0.1) is 5.12 Å². The van der Waals surface area contributed by atoms with Crippen LogP contribution in [-0.4, -0.2) is 22.0 Å². The largest absolute Gasteiger partial charge is 0.416 e. The lowest BCUT2D eigenvalue weighted by molar-refractivity contribution is -0.137. The molecule has 0 spiro atoms. The van der Waals surface area contributed by atoms with E-state index >= 15 is 0 Å². The van der Waals surface area contributed by atoms with Crippen molar-refractivity contribution in [3.8, 4) is 0 Å². The topological polar surface area (TPSA) is 35.6 Å². The molecule has 2 aliphatic heterocycles. The van der Waals surface area contributed by atoms with Gasteiger partial charge in [-0.2, -0.15) is 13.2 Å². The maximum absolute atomic E-state index is 12.8. The van der Waals surface area contributed by atoms with Crippen LogP contribution in [0.5, 0.6) is 0 Å².